The van der Waals surface area contributed by atoms with Crippen LogP contribution in [0.2, 0.25) is 0 Å². The van der Waals surface area contributed by atoms with E-state index in [1.165, 1.54) is 11.3 Å². The smallest absolute Gasteiger partial charge is 0.261 e. The molecule has 1 heterocycles. The first kappa shape index (κ1) is 18.5. The summed E-state index contributed by atoms with van der Waals surface area (Å²) in [6.45, 7) is 6.02. The van der Waals surface area contributed by atoms with Crippen LogP contribution in [-0.2, 0) is 4.79 Å². The van der Waals surface area contributed by atoms with E-state index in [1.807, 2.05) is 24.3 Å². The highest BCUT2D eigenvalue weighted by Gasteiger charge is 2.10. The number of anilines is 2. The van der Waals surface area contributed by atoms with E-state index in [1.54, 1.807) is 12.1 Å². The standard InChI is InChI=1S/C17H20BrN3O2S/c1-3-21(4-2)13-7-5-12(6-8-13)20-16(22)11-19-17(23)14-9-10-15(18)24-14/h5-10H,3-4,11H2,1-2H3,(H,19,23)(H,20,22). The zero-order chi connectivity index (χ0) is 17.5. The summed E-state index contributed by atoms with van der Waals surface area (Å²) in [5.41, 5.74) is 1.83. The van der Waals surface area contributed by atoms with Gasteiger partial charge in [0.2, 0.25) is 5.91 Å². The Hall–Kier alpha value is -1.86. The molecule has 7 heteroatoms. The largest absolute Gasteiger partial charge is 0.372 e. The highest BCUT2D eigenvalue weighted by molar-refractivity contribution is 9.11. The van der Waals surface area contributed by atoms with Crippen molar-refractivity contribution in [2.75, 3.05) is 29.9 Å². The Labute approximate surface area is 154 Å². The van der Waals surface area contributed by atoms with Crippen molar-refractivity contribution in [3.8, 4) is 0 Å². The second-order valence-corrected chi connectivity index (χ2v) is 7.52. The summed E-state index contributed by atoms with van der Waals surface area (Å²) in [5.74, 6) is -0.507. The summed E-state index contributed by atoms with van der Waals surface area (Å²) in [6.07, 6.45) is 0. The molecule has 1 aromatic heterocycles. The van der Waals surface area contributed by atoms with Gasteiger partial charge in [-0.1, -0.05) is 0 Å². The van der Waals surface area contributed by atoms with Gasteiger partial charge in [-0.3, -0.25) is 9.59 Å². The van der Waals surface area contributed by atoms with Crippen LogP contribution in [0.25, 0.3) is 0 Å². The normalized spacial score (nSPS) is 10.3. The predicted molar refractivity (Wildman–Crippen MR) is 103 cm³/mol. The van der Waals surface area contributed by atoms with Crippen molar-refractivity contribution >= 4 is 50.5 Å². The molecule has 2 amide bonds. The van der Waals surface area contributed by atoms with E-state index in [0.717, 1.165) is 22.6 Å². The maximum absolute atomic E-state index is 11.9. The van der Waals surface area contributed by atoms with Gasteiger partial charge in [-0.15, -0.1) is 11.3 Å². The lowest BCUT2D eigenvalue weighted by atomic mass is 10.2. The number of carbonyl (C=O) groups excluding carboxylic acids is 2. The van der Waals surface area contributed by atoms with Crippen LogP contribution >= 0.6 is 27.3 Å². The SMILES string of the molecule is CCN(CC)c1ccc(NC(=O)CNC(=O)c2ccc(Br)s2)cc1. The Morgan fingerprint density at radius 2 is 1.75 bits per heavy atom. The topological polar surface area (TPSA) is 61.4 Å². The molecule has 0 atom stereocenters. The Bertz CT molecular complexity index is 696. The van der Waals surface area contributed by atoms with Crippen LogP contribution in [0, 0.1) is 0 Å². The minimum absolute atomic E-state index is 0.0633. The minimum Gasteiger partial charge on any atom is -0.372 e. The fourth-order valence-electron chi connectivity index (χ4n) is 2.23. The molecule has 2 aromatic rings. The number of nitrogens with one attached hydrogen (secondary N) is 2. The van der Waals surface area contributed by atoms with Gasteiger partial charge in [0.05, 0.1) is 15.2 Å². The van der Waals surface area contributed by atoms with Crippen LogP contribution in [-0.4, -0.2) is 31.4 Å². The van der Waals surface area contributed by atoms with Crippen LogP contribution in [0.5, 0.6) is 0 Å². The summed E-state index contributed by atoms with van der Waals surface area (Å²) < 4.78 is 0.880. The number of benzene rings is 1. The lowest BCUT2D eigenvalue weighted by Crippen LogP contribution is -2.32. The van der Waals surface area contributed by atoms with Gasteiger partial charge >= 0.3 is 0 Å². The number of rotatable bonds is 7. The molecular formula is C17H20BrN3O2S. The number of hydrogen-bond donors (Lipinski definition) is 2. The molecule has 0 saturated carbocycles. The molecule has 0 aliphatic carbocycles. The summed E-state index contributed by atoms with van der Waals surface area (Å²) in [7, 11) is 0. The fourth-order valence-corrected chi connectivity index (χ4v) is 3.54. The van der Waals surface area contributed by atoms with Crippen molar-refractivity contribution in [3.05, 3.63) is 45.1 Å². The molecule has 2 N–H and O–H groups in total. The van der Waals surface area contributed by atoms with Gasteiger partial charge in [0, 0.05) is 24.5 Å². The fraction of sp³-hybridized carbons (Fsp3) is 0.294. The molecule has 0 unspecified atom stereocenters. The highest BCUT2D eigenvalue weighted by atomic mass is 79.9. The van der Waals surface area contributed by atoms with Gasteiger partial charge in [0.1, 0.15) is 0 Å². The number of halogens is 1. The van der Waals surface area contributed by atoms with Crippen LogP contribution in [0.4, 0.5) is 11.4 Å². The second kappa shape index (κ2) is 8.84. The van der Waals surface area contributed by atoms with Crippen LogP contribution in [0.3, 0.4) is 0 Å². The summed E-state index contributed by atoms with van der Waals surface area (Å²) in [6, 6.07) is 11.2. The molecule has 0 spiro atoms. The highest BCUT2D eigenvalue weighted by Crippen LogP contribution is 2.21. The van der Waals surface area contributed by atoms with Crippen molar-refractivity contribution in [1.29, 1.82) is 0 Å². The number of amides is 2. The van der Waals surface area contributed by atoms with E-state index in [4.69, 9.17) is 0 Å². The Morgan fingerprint density at radius 1 is 1.08 bits per heavy atom. The predicted octanol–water partition coefficient (Wildman–Crippen LogP) is 3.73. The van der Waals surface area contributed by atoms with Gasteiger partial charge in [-0.05, 0) is 66.2 Å². The van der Waals surface area contributed by atoms with E-state index in [9.17, 15) is 9.59 Å². The molecule has 128 valence electrons. The zero-order valence-corrected chi connectivity index (χ0v) is 16.0. The molecule has 0 aliphatic rings. The van der Waals surface area contributed by atoms with Crippen molar-refractivity contribution in [3.63, 3.8) is 0 Å². The lowest BCUT2D eigenvalue weighted by molar-refractivity contribution is -0.115. The van der Waals surface area contributed by atoms with E-state index in [2.05, 4.69) is 45.3 Å². The summed E-state index contributed by atoms with van der Waals surface area (Å²) in [4.78, 5) is 26.6. The van der Waals surface area contributed by atoms with Crippen molar-refractivity contribution in [2.24, 2.45) is 0 Å². The molecule has 1 aromatic carbocycles. The van der Waals surface area contributed by atoms with E-state index in [0.29, 0.717) is 10.6 Å². The molecule has 0 bridgehead atoms. The second-order valence-electron chi connectivity index (χ2n) is 5.05. The van der Waals surface area contributed by atoms with Gasteiger partial charge in [-0.2, -0.15) is 0 Å². The first-order chi connectivity index (χ1) is 11.5. The monoisotopic (exact) mass is 409 g/mol. The van der Waals surface area contributed by atoms with Crippen LogP contribution in [0.1, 0.15) is 23.5 Å². The van der Waals surface area contributed by atoms with E-state index >= 15 is 0 Å². The minimum atomic E-state index is -0.255. The van der Waals surface area contributed by atoms with Gasteiger partial charge in [0.15, 0.2) is 0 Å². The molecule has 0 radical (unpaired) electrons. The molecule has 0 saturated heterocycles. The van der Waals surface area contributed by atoms with Crippen LogP contribution < -0.4 is 15.5 Å². The third-order valence-corrected chi connectivity index (χ3v) is 5.11. The number of thiophene rings is 1. The number of carbonyl (C=O) groups is 2. The molecular weight excluding hydrogens is 390 g/mol. The molecule has 2 rings (SSSR count). The average molecular weight is 410 g/mol. The number of nitrogens with zero attached hydrogens (tertiary/aromatic N) is 1. The first-order valence-corrected chi connectivity index (χ1v) is 9.32. The molecule has 5 nitrogen and oxygen atoms in total. The molecule has 0 aliphatic heterocycles. The number of hydrogen-bond acceptors (Lipinski definition) is 4. The molecule has 0 fully saturated rings. The Kier molecular flexibility index (Phi) is 6.81. The van der Waals surface area contributed by atoms with Crippen molar-refractivity contribution in [1.82, 2.24) is 5.32 Å². The average Bonchev–Trinajstić information content (AvgIpc) is 3.02. The van der Waals surface area contributed by atoms with Crippen molar-refractivity contribution in [2.45, 2.75) is 13.8 Å². The third kappa shape index (κ3) is 5.07. The van der Waals surface area contributed by atoms with Gasteiger partial charge < -0.3 is 15.5 Å². The summed E-state index contributed by atoms with van der Waals surface area (Å²) >= 11 is 4.63. The first-order valence-electron chi connectivity index (χ1n) is 7.71. The maximum atomic E-state index is 11.9. The zero-order valence-electron chi connectivity index (χ0n) is 13.6. The van der Waals surface area contributed by atoms with Crippen LogP contribution in [0.15, 0.2) is 40.2 Å². The van der Waals surface area contributed by atoms with E-state index in [-0.39, 0.29) is 18.4 Å². The Morgan fingerprint density at radius 3 is 2.29 bits per heavy atom. The van der Waals surface area contributed by atoms with Gasteiger partial charge in [0.25, 0.3) is 5.91 Å². The molecule has 24 heavy (non-hydrogen) atoms. The lowest BCUT2D eigenvalue weighted by Gasteiger charge is -2.21. The third-order valence-electron chi connectivity index (χ3n) is 3.49. The van der Waals surface area contributed by atoms with Crippen molar-refractivity contribution < 1.29 is 9.59 Å². The maximum Gasteiger partial charge on any atom is 0.261 e. The summed E-state index contributed by atoms with van der Waals surface area (Å²) in [5, 5.41) is 5.39. The quantitative estimate of drug-likeness (QED) is 0.732. The van der Waals surface area contributed by atoms with Gasteiger partial charge in [-0.25, -0.2) is 0 Å². The van der Waals surface area contributed by atoms with E-state index < -0.39 is 0 Å². The Balaban J connectivity index is 1.85.